The molecule has 0 unspecified atom stereocenters. The van der Waals surface area contributed by atoms with Crippen LogP contribution in [0, 0.1) is 0 Å². The first-order valence-electron chi connectivity index (χ1n) is 11.2. The summed E-state index contributed by atoms with van der Waals surface area (Å²) in [6.45, 7) is 0. The van der Waals surface area contributed by atoms with Crippen molar-refractivity contribution in [3.63, 3.8) is 0 Å². The predicted molar refractivity (Wildman–Crippen MR) is 139 cm³/mol. The number of nitrogen functional groups attached to an aromatic ring is 1. The van der Waals surface area contributed by atoms with Crippen LogP contribution < -0.4 is 5.84 Å². The molecule has 0 fully saturated rings. The highest BCUT2D eigenvalue weighted by molar-refractivity contribution is 6.11. The number of aromatic nitrogens is 2. The maximum absolute atomic E-state index is 6.47. The van der Waals surface area contributed by atoms with E-state index in [1.54, 1.807) is 4.68 Å². The lowest BCUT2D eigenvalue weighted by Gasteiger charge is -2.08. The van der Waals surface area contributed by atoms with Gasteiger partial charge in [0.15, 0.2) is 0 Å². The van der Waals surface area contributed by atoms with Gasteiger partial charge in [-0.15, -0.1) is 0 Å². The van der Waals surface area contributed by atoms with Gasteiger partial charge in [-0.05, 0) is 53.6 Å². The predicted octanol–water partition coefficient (Wildman–Crippen LogP) is 7.27. The third-order valence-corrected chi connectivity index (χ3v) is 6.73. The standard InChI is InChI=1S/C30H21N3/c31-33-29-13-7-5-10-23(29)25-16-14-21(19-30(25)33)20-15-17-28-26(18-20)24-11-4-6-12-27(24)32(28)22-8-2-1-3-9-22/h1-19H,31H2. The minimum Gasteiger partial charge on any atom is -0.339 e. The molecule has 0 amide bonds. The zero-order valence-corrected chi connectivity index (χ0v) is 17.9. The van der Waals surface area contributed by atoms with Crippen molar-refractivity contribution < 1.29 is 0 Å². The van der Waals surface area contributed by atoms with Gasteiger partial charge in [-0.3, -0.25) is 4.68 Å². The summed E-state index contributed by atoms with van der Waals surface area (Å²) in [7, 11) is 0. The lowest BCUT2D eigenvalue weighted by Crippen LogP contribution is -2.06. The van der Waals surface area contributed by atoms with Gasteiger partial charge in [0.25, 0.3) is 0 Å². The number of para-hydroxylation sites is 3. The van der Waals surface area contributed by atoms with Crippen molar-refractivity contribution in [2.75, 3.05) is 5.84 Å². The second kappa shape index (κ2) is 6.75. The Bertz CT molecular complexity index is 1820. The van der Waals surface area contributed by atoms with Gasteiger partial charge < -0.3 is 10.4 Å². The topological polar surface area (TPSA) is 35.9 Å². The molecule has 5 aromatic carbocycles. The molecule has 2 heterocycles. The van der Waals surface area contributed by atoms with Crippen LogP contribution in [0.4, 0.5) is 0 Å². The Morgan fingerprint density at radius 2 is 1.00 bits per heavy atom. The SMILES string of the molecule is Nn1c2ccccc2c2ccc(-c3ccc4c(c3)c3ccccc3n4-c3ccccc3)cc21. The minimum atomic E-state index is 1.04. The van der Waals surface area contributed by atoms with Crippen molar-refractivity contribution in [2.24, 2.45) is 0 Å². The van der Waals surface area contributed by atoms with Crippen LogP contribution in [0.1, 0.15) is 0 Å². The molecule has 0 aliphatic rings. The Labute approximate surface area is 190 Å². The molecule has 0 radical (unpaired) electrons. The molecule has 0 aliphatic heterocycles. The molecule has 0 saturated carbocycles. The Hall–Kier alpha value is -4.50. The van der Waals surface area contributed by atoms with Gasteiger partial charge in [0.2, 0.25) is 0 Å². The molecular weight excluding hydrogens is 402 g/mol. The summed E-state index contributed by atoms with van der Waals surface area (Å²) in [5, 5.41) is 4.87. The molecular formula is C30H21N3. The van der Waals surface area contributed by atoms with Crippen molar-refractivity contribution in [2.45, 2.75) is 0 Å². The van der Waals surface area contributed by atoms with Crippen LogP contribution in [-0.4, -0.2) is 9.24 Å². The van der Waals surface area contributed by atoms with E-state index in [1.165, 1.54) is 43.8 Å². The van der Waals surface area contributed by atoms with E-state index < -0.39 is 0 Å². The Kier molecular flexibility index (Phi) is 3.70. The molecule has 156 valence electrons. The summed E-state index contributed by atoms with van der Waals surface area (Å²) in [5.41, 5.74) is 8.03. The molecule has 3 nitrogen and oxygen atoms in total. The molecule has 7 rings (SSSR count). The fourth-order valence-corrected chi connectivity index (χ4v) is 5.19. The number of benzene rings is 5. The van der Waals surface area contributed by atoms with Crippen molar-refractivity contribution in [3.8, 4) is 16.8 Å². The summed E-state index contributed by atoms with van der Waals surface area (Å²) in [6.07, 6.45) is 0. The molecule has 2 N–H and O–H groups in total. The fraction of sp³-hybridized carbons (Fsp3) is 0. The molecule has 7 aromatic rings. The third-order valence-electron chi connectivity index (χ3n) is 6.73. The normalized spacial score (nSPS) is 11.8. The maximum atomic E-state index is 6.47. The van der Waals surface area contributed by atoms with Crippen LogP contribution in [-0.2, 0) is 0 Å². The molecule has 0 spiro atoms. The summed E-state index contributed by atoms with van der Waals surface area (Å²) < 4.78 is 4.14. The maximum Gasteiger partial charge on any atom is 0.0709 e. The van der Waals surface area contributed by atoms with Crippen LogP contribution in [0.5, 0.6) is 0 Å². The Morgan fingerprint density at radius 1 is 0.424 bits per heavy atom. The van der Waals surface area contributed by atoms with E-state index in [1.807, 2.05) is 6.07 Å². The highest BCUT2D eigenvalue weighted by atomic mass is 15.3. The minimum absolute atomic E-state index is 1.04. The van der Waals surface area contributed by atoms with Crippen molar-refractivity contribution in [3.05, 3.63) is 115 Å². The first kappa shape index (κ1) is 18.1. The van der Waals surface area contributed by atoms with Crippen LogP contribution in [0.25, 0.3) is 60.4 Å². The molecule has 0 aliphatic carbocycles. The van der Waals surface area contributed by atoms with Gasteiger partial charge in [-0.1, -0.05) is 72.8 Å². The van der Waals surface area contributed by atoms with E-state index in [0.717, 1.165) is 16.6 Å². The molecule has 0 saturated heterocycles. The number of fused-ring (bicyclic) bond motifs is 6. The quantitative estimate of drug-likeness (QED) is 0.292. The van der Waals surface area contributed by atoms with E-state index in [-0.39, 0.29) is 0 Å². The van der Waals surface area contributed by atoms with Crippen LogP contribution in [0.2, 0.25) is 0 Å². The molecule has 3 heteroatoms. The number of hydrogen-bond acceptors (Lipinski definition) is 1. The number of nitrogens with zero attached hydrogens (tertiary/aromatic N) is 2. The van der Waals surface area contributed by atoms with E-state index in [0.29, 0.717) is 0 Å². The first-order chi connectivity index (χ1) is 16.3. The zero-order valence-electron chi connectivity index (χ0n) is 17.9. The van der Waals surface area contributed by atoms with Gasteiger partial charge in [0.1, 0.15) is 0 Å². The van der Waals surface area contributed by atoms with Gasteiger partial charge in [-0.25, -0.2) is 0 Å². The average molecular weight is 424 g/mol. The van der Waals surface area contributed by atoms with Crippen LogP contribution in [0.3, 0.4) is 0 Å². The highest BCUT2D eigenvalue weighted by Crippen LogP contribution is 2.36. The second-order valence-corrected chi connectivity index (χ2v) is 8.54. The zero-order chi connectivity index (χ0) is 21.9. The fourth-order valence-electron chi connectivity index (χ4n) is 5.19. The number of hydrogen-bond donors (Lipinski definition) is 1. The number of nitrogens with two attached hydrogens (primary N) is 1. The van der Waals surface area contributed by atoms with Crippen molar-refractivity contribution >= 4 is 43.6 Å². The average Bonchev–Trinajstić information content (AvgIpc) is 3.36. The van der Waals surface area contributed by atoms with Crippen molar-refractivity contribution in [1.29, 1.82) is 0 Å². The smallest absolute Gasteiger partial charge is 0.0709 e. The monoisotopic (exact) mass is 423 g/mol. The van der Waals surface area contributed by atoms with Gasteiger partial charge in [0, 0.05) is 27.2 Å². The van der Waals surface area contributed by atoms with Gasteiger partial charge in [-0.2, -0.15) is 0 Å². The van der Waals surface area contributed by atoms with E-state index in [4.69, 9.17) is 5.84 Å². The lowest BCUT2D eigenvalue weighted by molar-refractivity contribution is 1.12. The molecule has 2 aromatic heterocycles. The Morgan fingerprint density at radius 3 is 1.82 bits per heavy atom. The largest absolute Gasteiger partial charge is 0.339 e. The molecule has 0 atom stereocenters. The molecule has 33 heavy (non-hydrogen) atoms. The van der Waals surface area contributed by atoms with E-state index in [9.17, 15) is 0 Å². The van der Waals surface area contributed by atoms with Crippen LogP contribution in [0.15, 0.2) is 115 Å². The summed E-state index contributed by atoms with van der Waals surface area (Å²) in [4.78, 5) is 0. The van der Waals surface area contributed by atoms with Gasteiger partial charge in [0.05, 0.1) is 22.1 Å². The third kappa shape index (κ3) is 2.56. The van der Waals surface area contributed by atoms with Gasteiger partial charge >= 0.3 is 0 Å². The van der Waals surface area contributed by atoms with Crippen molar-refractivity contribution in [1.82, 2.24) is 9.24 Å². The highest BCUT2D eigenvalue weighted by Gasteiger charge is 2.14. The van der Waals surface area contributed by atoms with Crippen LogP contribution >= 0.6 is 0 Å². The lowest BCUT2D eigenvalue weighted by atomic mass is 10.0. The van der Waals surface area contributed by atoms with E-state index in [2.05, 4.69) is 114 Å². The summed E-state index contributed by atoms with van der Waals surface area (Å²) >= 11 is 0. The first-order valence-corrected chi connectivity index (χ1v) is 11.2. The number of rotatable bonds is 2. The Balaban J connectivity index is 1.48. The second-order valence-electron chi connectivity index (χ2n) is 8.54. The summed E-state index contributed by atoms with van der Waals surface area (Å²) in [5.74, 6) is 6.47. The summed E-state index contributed by atoms with van der Waals surface area (Å²) in [6, 6.07) is 40.8. The molecule has 0 bridgehead atoms. The van der Waals surface area contributed by atoms with E-state index >= 15 is 0 Å².